The summed E-state index contributed by atoms with van der Waals surface area (Å²) in [5.74, 6) is -1.34. The van der Waals surface area contributed by atoms with Crippen LogP contribution >= 0.6 is 11.3 Å². The van der Waals surface area contributed by atoms with Crippen LogP contribution in [0.5, 0.6) is 0 Å². The highest BCUT2D eigenvalue weighted by Crippen LogP contribution is 2.22. The summed E-state index contributed by atoms with van der Waals surface area (Å²) in [6.07, 6.45) is 1.01. The first kappa shape index (κ1) is 15.5. The van der Waals surface area contributed by atoms with E-state index in [0.29, 0.717) is 0 Å². The number of aromatic nitrogens is 1. The van der Waals surface area contributed by atoms with Gasteiger partial charge in [0, 0.05) is 17.6 Å². The van der Waals surface area contributed by atoms with Crippen LogP contribution in [-0.4, -0.2) is 15.6 Å². The van der Waals surface area contributed by atoms with E-state index < -0.39 is 11.9 Å². The summed E-state index contributed by atoms with van der Waals surface area (Å²) in [6.45, 7) is 5.77. The molecule has 0 bridgehead atoms. The van der Waals surface area contributed by atoms with Gasteiger partial charge in [-0.1, -0.05) is 19.1 Å². The second kappa shape index (κ2) is 6.26. The van der Waals surface area contributed by atoms with E-state index >= 15 is 0 Å². The molecule has 0 aliphatic rings. The van der Waals surface area contributed by atoms with Crippen molar-refractivity contribution in [1.29, 1.82) is 0 Å². The summed E-state index contributed by atoms with van der Waals surface area (Å²) >= 11 is 1.52. The predicted octanol–water partition coefficient (Wildman–Crippen LogP) is 3.38. The Morgan fingerprint density at radius 2 is 2.00 bits per heavy atom. The van der Waals surface area contributed by atoms with Crippen LogP contribution in [0.4, 0.5) is 5.69 Å². The molecule has 1 heterocycles. The molecule has 2 aromatic rings. The monoisotopic (exact) mass is 304 g/mol. The second-order valence-corrected chi connectivity index (χ2v) is 6.26. The van der Waals surface area contributed by atoms with E-state index in [9.17, 15) is 9.90 Å². The highest BCUT2D eigenvalue weighted by Gasteiger charge is 2.20. The zero-order chi connectivity index (χ0) is 15.6. The number of benzene rings is 1. The fraction of sp³-hybridized carbons (Fsp3) is 0.375. The Morgan fingerprint density at radius 1 is 1.38 bits per heavy atom. The molecule has 0 aliphatic carbocycles. The first-order valence-corrected chi connectivity index (χ1v) is 7.78. The molecule has 4 nitrogen and oxygen atoms in total. The van der Waals surface area contributed by atoms with Crippen LogP contribution in [0.15, 0.2) is 29.3 Å². The molecule has 1 aromatic carbocycles. The molecule has 1 aromatic heterocycles. The summed E-state index contributed by atoms with van der Waals surface area (Å²) in [4.78, 5) is 17.6. The molecular formula is C16H20N2O2S. The van der Waals surface area contributed by atoms with Crippen LogP contribution < -0.4 is 4.80 Å². The van der Waals surface area contributed by atoms with Crippen molar-refractivity contribution in [3.63, 3.8) is 0 Å². The third kappa shape index (κ3) is 3.24. The molecular weight excluding hydrogens is 284 g/mol. The number of carbonyl (C=O) groups is 1. The predicted molar refractivity (Wildman–Crippen MR) is 85.1 cm³/mol. The lowest BCUT2D eigenvalue weighted by molar-refractivity contribution is -0.138. The quantitative estimate of drug-likeness (QED) is 0.941. The van der Waals surface area contributed by atoms with Gasteiger partial charge in [0.25, 0.3) is 0 Å². The summed E-state index contributed by atoms with van der Waals surface area (Å²) in [6, 6.07) is 8.13. The summed E-state index contributed by atoms with van der Waals surface area (Å²) in [5, 5.41) is 9.20. The minimum absolute atomic E-state index is 0.530. The average molecular weight is 304 g/mol. The summed E-state index contributed by atoms with van der Waals surface area (Å²) in [5.41, 5.74) is 2.98. The fourth-order valence-corrected chi connectivity index (χ4v) is 3.40. The van der Waals surface area contributed by atoms with E-state index in [2.05, 4.69) is 24.0 Å². The van der Waals surface area contributed by atoms with Gasteiger partial charge in [-0.15, -0.1) is 11.3 Å². The van der Waals surface area contributed by atoms with Crippen LogP contribution in [0.3, 0.4) is 0 Å². The first-order valence-electron chi connectivity index (χ1n) is 6.96. The first-order chi connectivity index (χ1) is 9.93. The summed E-state index contributed by atoms with van der Waals surface area (Å²) < 4.78 is 1.88. The minimum atomic E-state index is -0.814. The smallest absolute Gasteiger partial charge is 0.312 e. The van der Waals surface area contributed by atoms with Gasteiger partial charge in [-0.2, -0.15) is 0 Å². The number of thiazole rings is 1. The van der Waals surface area contributed by atoms with Gasteiger partial charge in [0.05, 0.1) is 11.6 Å². The SMILES string of the molecule is CCc1ccc(/N=c2/sc(C)c(C(C)C(=O)O)n2C)cc1. The number of aryl methyl sites for hydroxylation is 2. The van der Waals surface area contributed by atoms with Gasteiger partial charge >= 0.3 is 5.97 Å². The zero-order valence-corrected chi connectivity index (χ0v) is 13.6. The largest absolute Gasteiger partial charge is 0.481 e. The van der Waals surface area contributed by atoms with Crippen molar-refractivity contribution in [2.75, 3.05) is 0 Å². The molecule has 0 saturated carbocycles. The molecule has 0 saturated heterocycles. The Bertz CT molecular complexity index is 711. The van der Waals surface area contributed by atoms with Gasteiger partial charge in [0.2, 0.25) is 0 Å². The number of hydrogen-bond acceptors (Lipinski definition) is 3. The normalized spacial score (nSPS) is 13.4. The van der Waals surface area contributed by atoms with E-state index in [-0.39, 0.29) is 0 Å². The molecule has 0 aliphatic heterocycles. The number of rotatable bonds is 4. The highest BCUT2D eigenvalue weighted by molar-refractivity contribution is 7.09. The van der Waals surface area contributed by atoms with Crippen LogP contribution in [0.1, 0.15) is 35.9 Å². The van der Waals surface area contributed by atoms with Gasteiger partial charge in [-0.25, -0.2) is 4.99 Å². The lowest BCUT2D eigenvalue weighted by Gasteiger charge is -2.08. The van der Waals surface area contributed by atoms with Gasteiger partial charge in [0.15, 0.2) is 4.80 Å². The second-order valence-electron chi connectivity index (χ2n) is 5.08. The van der Waals surface area contributed by atoms with E-state index in [4.69, 9.17) is 0 Å². The lowest BCUT2D eigenvalue weighted by atomic mass is 10.1. The third-order valence-corrected chi connectivity index (χ3v) is 4.67. The van der Waals surface area contributed by atoms with Crippen molar-refractivity contribution in [3.8, 4) is 0 Å². The molecule has 0 radical (unpaired) electrons. The molecule has 1 atom stereocenters. The number of hydrogen-bond donors (Lipinski definition) is 1. The van der Waals surface area contributed by atoms with Gasteiger partial charge in [0.1, 0.15) is 0 Å². The topological polar surface area (TPSA) is 54.6 Å². The Balaban J connectivity index is 2.47. The number of carboxylic acid groups (broad SMARTS) is 1. The van der Waals surface area contributed by atoms with Crippen LogP contribution in [0.25, 0.3) is 0 Å². The molecule has 0 amide bonds. The molecule has 1 N–H and O–H groups in total. The molecule has 112 valence electrons. The van der Waals surface area contributed by atoms with Crippen LogP contribution in [0, 0.1) is 6.92 Å². The van der Waals surface area contributed by atoms with Crippen LogP contribution in [0.2, 0.25) is 0 Å². The van der Waals surface area contributed by atoms with Crippen molar-refractivity contribution in [2.24, 2.45) is 12.0 Å². The fourth-order valence-electron chi connectivity index (χ4n) is 2.32. The Kier molecular flexibility index (Phi) is 4.63. The average Bonchev–Trinajstić information content (AvgIpc) is 2.73. The molecule has 2 rings (SSSR count). The van der Waals surface area contributed by atoms with E-state index in [0.717, 1.165) is 27.5 Å². The van der Waals surface area contributed by atoms with Crippen molar-refractivity contribution in [1.82, 2.24) is 4.57 Å². The zero-order valence-electron chi connectivity index (χ0n) is 12.8. The number of aliphatic carboxylic acids is 1. The van der Waals surface area contributed by atoms with Gasteiger partial charge < -0.3 is 9.67 Å². The molecule has 1 unspecified atom stereocenters. The lowest BCUT2D eigenvalue weighted by Crippen LogP contribution is -2.18. The van der Waals surface area contributed by atoms with Crippen molar-refractivity contribution >= 4 is 23.0 Å². The van der Waals surface area contributed by atoms with Gasteiger partial charge in [-0.3, -0.25) is 4.79 Å². The minimum Gasteiger partial charge on any atom is -0.481 e. The molecule has 5 heteroatoms. The highest BCUT2D eigenvalue weighted by atomic mass is 32.1. The molecule has 0 fully saturated rings. The Morgan fingerprint density at radius 3 is 2.52 bits per heavy atom. The summed E-state index contributed by atoms with van der Waals surface area (Å²) in [7, 11) is 1.87. The standard InChI is InChI=1S/C16H20N2O2S/c1-5-12-6-8-13(9-7-12)17-16-18(4)14(11(3)21-16)10(2)15(19)20/h6-10H,5H2,1-4H3,(H,19,20)/b17-16+. The molecule has 0 spiro atoms. The Hall–Kier alpha value is -1.88. The van der Waals surface area contributed by atoms with E-state index in [1.54, 1.807) is 6.92 Å². The number of carboxylic acids is 1. The van der Waals surface area contributed by atoms with E-state index in [1.165, 1.54) is 16.9 Å². The van der Waals surface area contributed by atoms with Crippen molar-refractivity contribution in [2.45, 2.75) is 33.1 Å². The van der Waals surface area contributed by atoms with Crippen molar-refractivity contribution < 1.29 is 9.90 Å². The van der Waals surface area contributed by atoms with Crippen molar-refractivity contribution in [3.05, 3.63) is 45.2 Å². The maximum absolute atomic E-state index is 11.2. The maximum Gasteiger partial charge on any atom is 0.312 e. The molecule has 21 heavy (non-hydrogen) atoms. The maximum atomic E-state index is 11.2. The van der Waals surface area contributed by atoms with Gasteiger partial charge in [-0.05, 0) is 38.0 Å². The van der Waals surface area contributed by atoms with E-state index in [1.807, 2.05) is 30.7 Å². The Labute approximate surface area is 128 Å². The third-order valence-electron chi connectivity index (χ3n) is 3.60. The van der Waals surface area contributed by atoms with Crippen LogP contribution in [-0.2, 0) is 18.3 Å². The number of nitrogens with zero attached hydrogens (tertiary/aromatic N) is 2.